The van der Waals surface area contributed by atoms with Crippen molar-refractivity contribution in [2.24, 2.45) is 0 Å². The van der Waals surface area contributed by atoms with Gasteiger partial charge in [0, 0.05) is 20.1 Å². The Bertz CT molecular complexity index is 933. The average Bonchev–Trinajstić information content (AvgIpc) is 3.00. The van der Waals surface area contributed by atoms with E-state index in [1.165, 1.54) is 92.3 Å². The number of nitrogens with zero attached hydrogens (tertiary/aromatic N) is 3. The molecule has 3 saturated heterocycles. The van der Waals surface area contributed by atoms with Crippen LogP contribution in [-0.2, 0) is 20.1 Å². The van der Waals surface area contributed by atoms with E-state index >= 15 is 0 Å². The summed E-state index contributed by atoms with van der Waals surface area (Å²) in [6, 6.07) is 1.28. The first-order chi connectivity index (χ1) is 19.1. The van der Waals surface area contributed by atoms with Gasteiger partial charge >= 0.3 is 0 Å². The van der Waals surface area contributed by atoms with Crippen LogP contribution in [0.1, 0.15) is 78.6 Å². The molecule has 0 bridgehead atoms. The maximum atomic E-state index is 4.60. The van der Waals surface area contributed by atoms with Gasteiger partial charge in [-0.05, 0) is 0 Å². The molecule has 3 atom stereocenters. The zero-order valence-electron chi connectivity index (χ0n) is 24.6. The first-order valence-corrected chi connectivity index (χ1v) is 15.0. The zero-order chi connectivity index (χ0) is 27.3. The molecule has 0 saturated carbocycles. The molecule has 4 heteroatoms. The normalized spacial score (nSPS) is 26.9. The molecular formula is C36H45IrN3-6. The Morgan fingerprint density at radius 1 is 0.525 bits per heavy atom. The molecular weight excluding hydrogens is 667 g/mol. The number of piperidine rings is 3. The fourth-order valence-corrected chi connectivity index (χ4v) is 5.29. The van der Waals surface area contributed by atoms with Gasteiger partial charge < -0.3 is 16.0 Å². The molecule has 40 heavy (non-hydrogen) atoms. The summed E-state index contributed by atoms with van der Waals surface area (Å²) < 4.78 is 0. The average molecular weight is 712 g/mol. The fraction of sp³-hybridized carbons (Fsp3) is 0.500. The third-order valence-corrected chi connectivity index (χ3v) is 7.76. The van der Waals surface area contributed by atoms with Gasteiger partial charge in [0.2, 0.25) is 0 Å². The van der Waals surface area contributed by atoms with Crippen molar-refractivity contribution in [2.75, 3.05) is 19.6 Å². The Morgan fingerprint density at radius 3 is 1.02 bits per heavy atom. The van der Waals surface area contributed by atoms with E-state index in [9.17, 15) is 0 Å². The van der Waals surface area contributed by atoms with Crippen LogP contribution < -0.4 is 0 Å². The molecule has 0 aromatic rings. The SMILES string of the molecule is C[C-]1C=C=C(C2CCCC[N-]2)C=C1.C[C-]1C=C=C(C2CCCC[N-]2)C=C1.C[C-]1C=C=C(C2CCCC[N-]2)C=C1.[Ir]. The van der Waals surface area contributed by atoms with Crippen molar-refractivity contribution in [2.45, 2.75) is 96.7 Å². The van der Waals surface area contributed by atoms with E-state index in [4.69, 9.17) is 0 Å². The van der Waals surface area contributed by atoms with Crippen molar-refractivity contribution in [1.82, 2.24) is 0 Å². The van der Waals surface area contributed by atoms with E-state index in [-0.39, 0.29) is 20.1 Å². The predicted molar refractivity (Wildman–Crippen MR) is 167 cm³/mol. The fourth-order valence-electron chi connectivity index (χ4n) is 5.29. The van der Waals surface area contributed by atoms with Crippen LogP contribution in [0.15, 0.2) is 88.6 Å². The third kappa shape index (κ3) is 10.7. The molecule has 6 rings (SSSR count). The van der Waals surface area contributed by atoms with Gasteiger partial charge in [0.05, 0.1) is 0 Å². The Morgan fingerprint density at radius 2 is 0.825 bits per heavy atom. The second-order valence-corrected chi connectivity index (χ2v) is 11.2. The Balaban J connectivity index is 0.000000163. The van der Waals surface area contributed by atoms with E-state index in [2.05, 4.69) is 109 Å². The second kappa shape index (κ2) is 17.7. The molecule has 3 unspecified atom stereocenters. The number of hydrogen-bond acceptors (Lipinski definition) is 0. The summed E-state index contributed by atoms with van der Waals surface area (Å²) in [6.07, 6.45) is 30.5. The zero-order valence-corrected chi connectivity index (χ0v) is 27.0. The van der Waals surface area contributed by atoms with Crippen molar-refractivity contribution in [3.63, 3.8) is 0 Å². The van der Waals surface area contributed by atoms with Gasteiger partial charge in [-0.15, -0.1) is 72.7 Å². The van der Waals surface area contributed by atoms with Crippen molar-refractivity contribution in [3.8, 4) is 0 Å². The molecule has 3 aliphatic carbocycles. The maximum Gasteiger partial charge on any atom is 0 e. The van der Waals surface area contributed by atoms with E-state index < -0.39 is 0 Å². The molecule has 0 aromatic carbocycles. The number of rotatable bonds is 3. The van der Waals surface area contributed by atoms with Gasteiger partial charge in [0.25, 0.3) is 0 Å². The summed E-state index contributed by atoms with van der Waals surface area (Å²) >= 11 is 0. The monoisotopic (exact) mass is 712 g/mol. The molecule has 0 spiro atoms. The molecule has 1 radical (unpaired) electrons. The standard InChI is InChI=1S/3C12H15N.Ir/c3*1-10-5-7-11(8-6-10)12-4-2-3-9-13-12;/h3*5-7,12H,2-4,9H2,1H3;/q3*-2;. The molecule has 0 aromatic heterocycles. The Hall–Kier alpha value is -2.08. The van der Waals surface area contributed by atoms with E-state index in [0.717, 1.165) is 19.6 Å². The van der Waals surface area contributed by atoms with Crippen molar-refractivity contribution >= 4 is 0 Å². The van der Waals surface area contributed by atoms with Crippen LogP contribution in [0, 0.1) is 17.8 Å². The molecule has 0 N–H and O–H groups in total. The Kier molecular flexibility index (Phi) is 14.3. The van der Waals surface area contributed by atoms with Gasteiger partial charge in [-0.3, -0.25) is 17.2 Å². The quantitative estimate of drug-likeness (QED) is 0.207. The molecule has 6 aliphatic rings. The van der Waals surface area contributed by atoms with Crippen molar-refractivity contribution < 1.29 is 20.1 Å². The van der Waals surface area contributed by atoms with Crippen molar-refractivity contribution in [3.05, 3.63) is 122 Å². The van der Waals surface area contributed by atoms with E-state index in [0.29, 0.717) is 18.1 Å². The summed E-state index contributed by atoms with van der Waals surface area (Å²) in [7, 11) is 0. The molecule has 3 aliphatic heterocycles. The maximum absolute atomic E-state index is 4.60. The minimum Gasteiger partial charge on any atom is -0.657 e. The van der Waals surface area contributed by atoms with Crippen LogP contribution in [0.25, 0.3) is 16.0 Å². The minimum absolute atomic E-state index is 0. The van der Waals surface area contributed by atoms with Crippen LogP contribution in [0.4, 0.5) is 0 Å². The van der Waals surface area contributed by atoms with Gasteiger partial charge in [-0.2, -0.15) is 54.2 Å². The molecule has 219 valence electrons. The molecule has 3 fully saturated rings. The van der Waals surface area contributed by atoms with Crippen molar-refractivity contribution in [1.29, 1.82) is 0 Å². The predicted octanol–water partition coefficient (Wildman–Crippen LogP) is 9.47. The van der Waals surface area contributed by atoms with Crippen LogP contribution in [0.5, 0.6) is 0 Å². The van der Waals surface area contributed by atoms with Crippen LogP contribution >= 0.6 is 0 Å². The van der Waals surface area contributed by atoms with Gasteiger partial charge in [-0.1, -0.05) is 78.6 Å². The van der Waals surface area contributed by atoms with Gasteiger partial charge in [-0.25, -0.2) is 0 Å². The summed E-state index contributed by atoms with van der Waals surface area (Å²) in [5, 5.41) is 13.8. The summed E-state index contributed by atoms with van der Waals surface area (Å²) in [5.41, 5.74) is 13.7. The summed E-state index contributed by atoms with van der Waals surface area (Å²) in [5.74, 6) is 3.83. The van der Waals surface area contributed by atoms with Crippen LogP contribution in [0.3, 0.4) is 0 Å². The summed E-state index contributed by atoms with van der Waals surface area (Å²) in [6.45, 7) is 9.39. The van der Waals surface area contributed by atoms with Crippen LogP contribution in [-0.4, -0.2) is 37.8 Å². The van der Waals surface area contributed by atoms with E-state index in [1.54, 1.807) is 0 Å². The number of allylic oxidation sites excluding steroid dienone is 3. The molecule has 3 nitrogen and oxygen atoms in total. The topological polar surface area (TPSA) is 42.3 Å². The second-order valence-electron chi connectivity index (χ2n) is 11.2. The first kappa shape index (κ1) is 32.4. The first-order valence-electron chi connectivity index (χ1n) is 15.0. The van der Waals surface area contributed by atoms with E-state index in [1.807, 2.05) is 0 Å². The van der Waals surface area contributed by atoms with Gasteiger partial charge in [0.1, 0.15) is 0 Å². The number of hydrogen-bond donors (Lipinski definition) is 0. The molecule has 0 amide bonds. The smallest absolute Gasteiger partial charge is 0 e. The van der Waals surface area contributed by atoms with Gasteiger partial charge in [0.15, 0.2) is 0 Å². The van der Waals surface area contributed by atoms with Crippen LogP contribution in [0.2, 0.25) is 0 Å². The molecule has 3 heterocycles. The summed E-state index contributed by atoms with van der Waals surface area (Å²) in [4.78, 5) is 0. The Labute approximate surface area is 257 Å². The largest absolute Gasteiger partial charge is 0.657 e. The third-order valence-electron chi connectivity index (χ3n) is 7.76. The minimum atomic E-state index is 0.